The first kappa shape index (κ1) is 13.7. The SMILES string of the molecule is O=C(O)CCCC(=O)c1c[nH]c2cccc([N+](=O)[O-])c12. The Balaban J connectivity index is 2.32. The van der Waals surface area contributed by atoms with E-state index < -0.39 is 10.9 Å². The summed E-state index contributed by atoms with van der Waals surface area (Å²) < 4.78 is 0. The predicted molar refractivity (Wildman–Crippen MR) is 70.8 cm³/mol. The number of rotatable bonds is 6. The van der Waals surface area contributed by atoms with Crippen LogP contribution < -0.4 is 0 Å². The number of Topliss-reactive ketones (excluding diaryl/α,β-unsaturated/α-hetero) is 1. The third-order valence-electron chi connectivity index (χ3n) is 2.98. The Labute approximate surface area is 113 Å². The molecular formula is C13H12N2O5. The van der Waals surface area contributed by atoms with E-state index in [0.717, 1.165) is 0 Å². The van der Waals surface area contributed by atoms with Crippen molar-refractivity contribution in [3.8, 4) is 0 Å². The molecule has 1 aromatic heterocycles. The lowest BCUT2D eigenvalue weighted by molar-refractivity contribution is -0.383. The van der Waals surface area contributed by atoms with Gasteiger partial charge in [0.25, 0.3) is 5.69 Å². The maximum Gasteiger partial charge on any atom is 0.303 e. The summed E-state index contributed by atoms with van der Waals surface area (Å²) in [6.45, 7) is 0. The topological polar surface area (TPSA) is 113 Å². The predicted octanol–water partition coefficient (Wildman–Crippen LogP) is 2.51. The Morgan fingerprint density at radius 2 is 2.05 bits per heavy atom. The van der Waals surface area contributed by atoms with Gasteiger partial charge < -0.3 is 10.1 Å². The van der Waals surface area contributed by atoms with E-state index in [1.54, 1.807) is 6.07 Å². The summed E-state index contributed by atoms with van der Waals surface area (Å²) in [6, 6.07) is 4.52. The molecular weight excluding hydrogens is 264 g/mol. The molecule has 104 valence electrons. The molecule has 2 N–H and O–H groups in total. The molecule has 0 spiro atoms. The van der Waals surface area contributed by atoms with Crippen LogP contribution in [-0.4, -0.2) is 26.8 Å². The van der Waals surface area contributed by atoms with Crippen molar-refractivity contribution in [2.24, 2.45) is 0 Å². The highest BCUT2D eigenvalue weighted by Crippen LogP contribution is 2.29. The van der Waals surface area contributed by atoms with Crippen LogP contribution in [0.3, 0.4) is 0 Å². The Morgan fingerprint density at radius 1 is 1.30 bits per heavy atom. The zero-order valence-corrected chi connectivity index (χ0v) is 10.5. The van der Waals surface area contributed by atoms with Gasteiger partial charge in [0.05, 0.1) is 15.8 Å². The van der Waals surface area contributed by atoms with Crippen LogP contribution in [0.1, 0.15) is 29.6 Å². The van der Waals surface area contributed by atoms with Crippen molar-refractivity contribution in [1.82, 2.24) is 4.98 Å². The van der Waals surface area contributed by atoms with Crippen molar-refractivity contribution in [2.75, 3.05) is 0 Å². The molecule has 0 unspecified atom stereocenters. The van der Waals surface area contributed by atoms with Crippen LogP contribution in [0.25, 0.3) is 10.9 Å². The fraction of sp³-hybridized carbons (Fsp3) is 0.231. The van der Waals surface area contributed by atoms with Crippen LogP contribution in [0.2, 0.25) is 0 Å². The summed E-state index contributed by atoms with van der Waals surface area (Å²) in [5.41, 5.74) is 0.615. The number of hydrogen-bond donors (Lipinski definition) is 2. The first-order chi connectivity index (χ1) is 9.50. The monoisotopic (exact) mass is 276 g/mol. The Hall–Kier alpha value is -2.70. The quantitative estimate of drug-likeness (QED) is 0.478. The van der Waals surface area contributed by atoms with E-state index in [4.69, 9.17) is 5.11 Å². The van der Waals surface area contributed by atoms with Crippen molar-refractivity contribution in [2.45, 2.75) is 19.3 Å². The summed E-state index contributed by atoms with van der Waals surface area (Å²) in [7, 11) is 0. The highest BCUT2D eigenvalue weighted by Gasteiger charge is 2.20. The third-order valence-corrected chi connectivity index (χ3v) is 2.98. The van der Waals surface area contributed by atoms with E-state index in [1.807, 2.05) is 0 Å². The standard InChI is InChI=1S/C13H12N2O5/c16-11(5-2-6-12(17)18)8-7-14-9-3-1-4-10(13(8)9)15(19)20/h1,3-4,7,14H,2,5-6H2,(H,17,18). The average Bonchev–Trinajstić information content (AvgIpc) is 2.81. The van der Waals surface area contributed by atoms with Gasteiger partial charge in [-0.05, 0) is 12.5 Å². The highest BCUT2D eigenvalue weighted by molar-refractivity contribution is 6.10. The van der Waals surface area contributed by atoms with Gasteiger partial charge in [-0.3, -0.25) is 19.7 Å². The van der Waals surface area contributed by atoms with E-state index in [1.165, 1.54) is 18.3 Å². The highest BCUT2D eigenvalue weighted by atomic mass is 16.6. The van der Waals surface area contributed by atoms with Crippen LogP contribution in [-0.2, 0) is 4.79 Å². The summed E-state index contributed by atoms with van der Waals surface area (Å²) in [4.78, 5) is 35.7. The third kappa shape index (κ3) is 2.66. The molecule has 7 heteroatoms. The summed E-state index contributed by atoms with van der Waals surface area (Å²) >= 11 is 0. The lowest BCUT2D eigenvalue weighted by atomic mass is 10.0. The first-order valence-corrected chi connectivity index (χ1v) is 6.00. The van der Waals surface area contributed by atoms with Crippen LogP contribution in [0.4, 0.5) is 5.69 Å². The number of carbonyl (C=O) groups excluding carboxylic acids is 1. The second-order valence-corrected chi connectivity index (χ2v) is 4.33. The number of hydrogen-bond acceptors (Lipinski definition) is 4. The number of carboxylic acid groups (broad SMARTS) is 1. The van der Waals surface area contributed by atoms with Crippen molar-refractivity contribution >= 4 is 28.3 Å². The van der Waals surface area contributed by atoms with Gasteiger partial charge >= 0.3 is 5.97 Å². The molecule has 1 heterocycles. The zero-order chi connectivity index (χ0) is 14.7. The van der Waals surface area contributed by atoms with Crippen LogP contribution in [0.5, 0.6) is 0 Å². The van der Waals surface area contributed by atoms with Crippen LogP contribution in [0, 0.1) is 10.1 Å². The average molecular weight is 276 g/mol. The molecule has 0 fully saturated rings. The number of nitrogens with zero attached hydrogens (tertiary/aromatic N) is 1. The van der Waals surface area contributed by atoms with E-state index in [9.17, 15) is 19.7 Å². The number of nitro groups is 1. The molecule has 0 atom stereocenters. The number of nitrogens with one attached hydrogen (secondary N) is 1. The molecule has 7 nitrogen and oxygen atoms in total. The number of carbonyl (C=O) groups is 2. The van der Waals surface area contributed by atoms with Gasteiger partial charge in [0.1, 0.15) is 0 Å². The molecule has 1 aromatic carbocycles. The molecule has 0 saturated heterocycles. The maximum atomic E-state index is 12.0. The van der Waals surface area contributed by atoms with E-state index >= 15 is 0 Å². The molecule has 0 saturated carbocycles. The Bertz CT molecular complexity index is 689. The molecule has 2 rings (SSSR count). The van der Waals surface area contributed by atoms with Crippen LogP contribution >= 0.6 is 0 Å². The summed E-state index contributed by atoms with van der Waals surface area (Å²) in [5.74, 6) is -1.27. The number of benzene rings is 1. The summed E-state index contributed by atoms with van der Waals surface area (Å²) in [5, 5.41) is 19.8. The molecule has 0 aliphatic rings. The molecule has 20 heavy (non-hydrogen) atoms. The van der Waals surface area contributed by atoms with Crippen LogP contribution in [0.15, 0.2) is 24.4 Å². The van der Waals surface area contributed by atoms with Gasteiger partial charge in [-0.15, -0.1) is 0 Å². The molecule has 0 aliphatic carbocycles. The van der Waals surface area contributed by atoms with Gasteiger partial charge in [0, 0.05) is 30.7 Å². The van der Waals surface area contributed by atoms with E-state index in [0.29, 0.717) is 5.52 Å². The normalized spacial score (nSPS) is 10.6. The van der Waals surface area contributed by atoms with E-state index in [2.05, 4.69) is 4.98 Å². The molecule has 2 aromatic rings. The number of H-pyrrole nitrogens is 1. The fourth-order valence-corrected chi connectivity index (χ4v) is 2.07. The fourth-order valence-electron chi connectivity index (χ4n) is 2.07. The van der Waals surface area contributed by atoms with Gasteiger partial charge in [0.2, 0.25) is 0 Å². The van der Waals surface area contributed by atoms with Crippen molar-refractivity contribution in [3.63, 3.8) is 0 Å². The van der Waals surface area contributed by atoms with Gasteiger partial charge in [-0.1, -0.05) is 6.07 Å². The zero-order valence-electron chi connectivity index (χ0n) is 10.5. The number of non-ortho nitro benzene ring substituents is 1. The number of ketones is 1. The summed E-state index contributed by atoms with van der Waals surface area (Å²) in [6.07, 6.45) is 1.59. The lowest BCUT2D eigenvalue weighted by Crippen LogP contribution is -2.02. The molecule has 0 aliphatic heterocycles. The molecule has 0 amide bonds. The Morgan fingerprint density at radius 3 is 2.70 bits per heavy atom. The lowest BCUT2D eigenvalue weighted by Gasteiger charge is -1.99. The second kappa shape index (κ2) is 5.52. The number of aromatic amines is 1. The largest absolute Gasteiger partial charge is 0.481 e. The maximum absolute atomic E-state index is 12.0. The minimum atomic E-state index is -0.970. The van der Waals surface area contributed by atoms with Gasteiger partial charge in [-0.25, -0.2) is 0 Å². The first-order valence-electron chi connectivity index (χ1n) is 6.00. The molecule has 0 bridgehead atoms. The molecule has 0 radical (unpaired) electrons. The van der Waals surface area contributed by atoms with Crippen molar-refractivity contribution in [1.29, 1.82) is 0 Å². The van der Waals surface area contributed by atoms with Gasteiger partial charge in [-0.2, -0.15) is 0 Å². The van der Waals surface area contributed by atoms with E-state index in [-0.39, 0.29) is 41.7 Å². The number of aromatic nitrogens is 1. The minimum absolute atomic E-state index is 0.0469. The Kier molecular flexibility index (Phi) is 3.79. The number of aliphatic carboxylic acids is 1. The minimum Gasteiger partial charge on any atom is -0.481 e. The smallest absolute Gasteiger partial charge is 0.303 e. The number of carboxylic acids is 1. The number of fused-ring (bicyclic) bond motifs is 1. The number of nitro benzene ring substituents is 1. The second-order valence-electron chi connectivity index (χ2n) is 4.33. The van der Waals surface area contributed by atoms with Gasteiger partial charge in [0.15, 0.2) is 5.78 Å². The van der Waals surface area contributed by atoms with Crippen molar-refractivity contribution in [3.05, 3.63) is 40.1 Å². The van der Waals surface area contributed by atoms with Crippen molar-refractivity contribution < 1.29 is 19.6 Å².